The third-order valence-electron chi connectivity index (χ3n) is 5.94. The number of anilines is 2. The van der Waals surface area contributed by atoms with Crippen molar-refractivity contribution in [3.8, 4) is 11.8 Å². The van der Waals surface area contributed by atoms with Crippen molar-refractivity contribution in [3.63, 3.8) is 0 Å². The van der Waals surface area contributed by atoms with Crippen molar-refractivity contribution in [1.29, 1.82) is 5.26 Å². The minimum Gasteiger partial charge on any atom is -0.495 e. The maximum absolute atomic E-state index is 12.9. The smallest absolute Gasteiger partial charge is 0.330 e. The first kappa shape index (κ1) is 24.2. The number of rotatable bonds is 8. The second-order valence-corrected chi connectivity index (χ2v) is 8.33. The molecule has 0 spiro atoms. The molecule has 9 heteroatoms. The van der Waals surface area contributed by atoms with Crippen LogP contribution in [-0.4, -0.2) is 69.0 Å². The van der Waals surface area contributed by atoms with Crippen molar-refractivity contribution >= 4 is 28.5 Å². The van der Waals surface area contributed by atoms with Crippen molar-refractivity contribution in [2.24, 2.45) is 0 Å². The number of piperazine rings is 1. The summed E-state index contributed by atoms with van der Waals surface area (Å²) in [6.45, 7) is 4.70. The van der Waals surface area contributed by atoms with E-state index in [0.29, 0.717) is 35.6 Å². The highest BCUT2D eigenvalue weighted by Gasteiger charge is 2.32. The van der Waals surface area contributed by atoms with Gasteiger partial charge in [0.25, 0.3) is 0 Å². The second kappa shape index (κ2) is 11.0. The van der Waals surface area contributed by atoms with Gasteiger partial charge in [-0.25, -0.2) is 9.97 Å². The maximum Gasteiger partial charge on any atom is 0.330 e. The predicted molar refractivity (Wildman–Crippen MR) is 133 cm³/mol. The Morgan fingerprint density at radius 3 is 2.29 bits per heavy atom. The zero-order valence-electron chi connectivity index (χ0n) is 20.2. The van der Waals surface area contributed by atoms with Crippen LogP contribution in [0.3, 0.4) is 0 Å². The normalized spacial score (nSPS) is 15.4. The summed E-state index contributed by atoms with van der Waals surface area (Å²) in [5.74, 6) is -0.500. The van der Waals surface area contributed by atoms with Gasteiger partial charge in [0.05, 0.1) is 36.5 Å². The highest BCUT2D eigenvalue weighted by Crippen LogP contribution is 2.32. The fourth-order valence-corrected chi connectivity index (χ4v) is 4.24. The molecule has 0 aliphatic carbocycles. The SMILES string of the molecule is COC[C@H](C)OC(=O)[C@@H](C#N)c1nc2ccccc2nc1N1CCN(c2ccccc2OC)CC1. The largest absolute Gasteiger partial charge is 0.495 e. The molecule has 4 rings (SSSR count). The molecule has 1 aliphatic rings. The lowest BCUT2D eigenvalue weighted by Gasteiger charge is -2.38. The van der Waals surface area contributed by atoms with Gasteiger partial charge in [0.15, 0.2) is 11.7 Å². The average molecular weight is 476 g/mol. The Kier molecular flexibility index (Phi) is 7.63. The van der Waals surface area contributed by atoms with Crippen LogP contribution in [0.5, 0.6) is 5.75 Å². The molecular formula is C26H29N5O4. The van der Waals surface area contributed by atoms with Crippen LogP contribution in [-0.2, 0) is 14.3 Å². The van der Waals surface area contributed by atoms with E-state index in [1.165, 1.54) is 7.11 Å². The van der Waals surface area contributed by atoms with Gasteiger partial charge in [0, 0.05) is 33.3 Å². The number of carbonyl (C=O) groups is 1. The van der Waals surface area contributed by atoms with Crippen molar-refractivity contribution in [3.05, 3.63) is 54.2 Å². The molecule has 2 aromatic carbocycles. The van der Waals surface area contributed by atoms with Crippen LogP contribution in [0.1, 0.15) is 18.5 Å². The molecule has 35 heavy (non-hydrogen) atoms. The van der Waals surface area contributed by atoms with Gasteiger partial charge in [-0.1, -0.05) is 24.3 Å². The lowest BCUT2D eigenvalue weighted by molar-refractivity contribution is -0.150. The summed E-state index contributed by atoms with van der Waals surface area (Å²) in [4.78, 5) is 26.8. The van der Waals surface area contributed by atoms with Crippen molar-refractivity contribution < 1.29 is 19.0 Å². The van der Waals surface area contributed by atoms with Crippen molar-refractivity contribution in [2.75, 3.05) is 56.8 Å². The Morgan fingerprint density at radius 2 is 1.63 bits per heavy atom. The van der Waals surface area contributed by atoms with Gasteiger partial charge in [0.2, 0.25) is 0 Å². The quantitative estimate of drug-likeness (QED) is 0.455. The molecule has 2 heterocycles. The molecule has 182 valence electrons. The van der Waals surface area contributed by atoms with Crippen LogP contribution >= 0.6 is 0 Å². The minimum absolute atomic E-state index is 0.241. The molecular weight excluding hydrogens is 446 g/mol. The van der Waals surface area contributed by atoms with E-state index in [9.17, 15) is 10.1 Å². The first-order valence-electron chi connectivity index (χ1n) is 11.5. The van der Waals surface area contributed by atoms with Gasteiger partial charge in [-0.05, 0) is 31.2 Å². The van der Waals surface area contributed by atoms with E-state index < -0.39 is 18.0 Å². The Morgan fingerprint density at radius 1 is 1.00 bits per heavy atom. The number of fused-ring (bicyclic) bond motifs is 1. The van der Waals surface area contributed by atoms with Gasteiger partial charge in [-0.3, -0.25) is 4.79 Å². The number of ether oxygens (including phenoxy) is 3. The summed E-state index contributed by atoms with van der Waals surface area (Å²) in [7, 11) is 3.20. The lowest BCUT2D eigenvalue weighted by atomic mass is 10.1. The Bertz CT molecular complexity index is 1220. The zero-order chi connectivity index (χ0) is 24.8. The molecule has 3 aromatic rings. The topological polar surface area (TPSA) is 101 Å². The molecule has 0 amide bonds. The van der Waals surface area contributed by atoms with Gasteiger partial charge in [0.1, 0.15) is 17.5 Å². The highest BCUT2D eigenvalue weighted by molar-refractivity contribution is 5.85. The molecule has 1 saturated heterocycles. The average Bonchev–Trinajstić information content (AvgIpc) is 2.89. The number of aromatic nitrogens is 2. The van der Waals surface area contributed by atoms with E-state index in [-0.39, 0.29) is 6.61 Å². The van der Waals surface area contributed by atoms with Crippen molar-refractivity contribution in [1.82, 2.24) is 9.97 Å². The molecule has 0 radical (unpaired) electrons. The summed E-state index contributed by atoms with van der Waals surface area (Å²) in [6.07, 6.45) is -0.482. The van der Waals surface area contributed by atoms with Crippen LogP contribution < -0.4 is 14.5 Å². The van der Waals surface area contributed by atoms with E-state index in [4.69, 9.17) is 24.2 Å². The summed E-state index contributed by atoms with van der Waals surface area (Å²) < 4.78 is 16.0. The molecule has 1 aromatic heterocycles. The first-order chi connectivity index (χ1) is 17.0. The van der Waals surface area contributed by atoms with Crippen LogP contribution in [0.2, 0.25) is 0 Å². The first-order valence-corrected chi connectivity index (χ1v) is 11.5. The van der Waals surface area contributed by atoms with Crippen LogP contribution in [0.4, 0.5) is 11.5 Å². The summed E-state index contributed by atoms with van der Waals surface area (Å²) in [5, 5.41) is 9.95. The predicted octanol–water partition coefficient (Wildman–Crippen LogP) is 3.15. The number of carbonyl (C=O) groups excluding carboxylic acids is 1. The number of hydrogen-bond donors (Lipinski definition) is 0. The molecule has 1 aliphatic heterocycles. The highest BCUT2D eigenvalue weighted by atomic mass is 16.6. The Balaban J connectivity index is 1.64. The summed E-state index contributed by atoms with van der Waals surface area (Å²) >= 11 is 0. The summed E-state index contributed by atoms with van der Waals surface area (Å²) in [5.41, 5.74) is 2.67. The number of benzene rings is 2. The van der Waals surface area contributed by atoms with Crippen LogP contribution in [0.25, 0.3) is 11.0 Å². The van der Waals surface area contributed by atoms with E-state index in [1.54, 1.807) is 14.0 Å². The van der Waals surface area contributed by atoms with E-state index in [1.807, 2.05) is 48.5 Å². The fourth-order valence-electron chi connectivity index (χ4n) is 4.24. The zero-order valence-corrected chi connectivity index (χ0v) is 20.2. The fraction of sp³-hybridized carbons (Fsp3) is 0.385. The molecule has 2 atom stereocenters. The Labute approximate surface area is 204 Å². The third-order valence-corrected chi connectivity index (χ3v) is 5.94. The number of esters is 1. The van der Waals surface area contributed by atoms with Gasteiger partial charge in [-0.2, -0.15) is 5.26 Å². The number of para-hydroxylation sites is 4. The molecule has 0 bridgehead atoms. The maximum atomic E-state index is 12.9. The number of nitrogens with zero attached hydrogens (tertiary/aromatic N) is 5. The number of methoxy groups -OCH3 is 2. The summed E-state index contributed by atoms with van der Waals surface area (Å²) in [6, 6.07) is 17.5. The number of nitriles is 1. The molecule has 0 unspecified atom stereocenters. The van der Waals surface area contributed by atoms with Crippen LogP contribution in [0, 0.1) is 11.3 Å². The van der Waals surface area contributed by atoms with Crippen LogP contribution in [0.15, 0.2) is 48.5 Å². The van der Waals surface area contributed by atoms with Gasteiger partial charge in [-0.15, -0.1) is 0 Å². The van der Waals surface area contributed by atoms with Crippen molar-refractivity contribution in [2.45, 2.75) is 18.9 Å². The van der Waals surface area contributed by atoms with E-state index in [2.05, 4.69) is 15.9 Å². The van der Waals surface area contributed by atoms with Gasteiger partial charge < -0.3 is 24.0 Å². The monoisotopic (exact) mass is 475 g/mol. The van der Waals surface area contributed by atoms with Gasteiger partial charge >= 0.3 is 5.97 Å². The second-order valence-electron chi connectivity index (χ2n) is 8.33. The molecule has 0 N–H and O–H groups in total. The molecule has 1 fully saturated rings. The Hall–Kier alpha value is -3.90. The van der Waals surface area contributed by atoms with E-state index in [0.717, 1.165) is 24.5 Å². The molecule has 0 saturated carbocycles. The third kappa shape index (κ3) is 5.28. The standard InChI is InChI=1S/C26H29N5O4/c1-18(17-33-2)35-26(32)19(16-27)24-25(29-21-9-5-4-8-20(21)28-24)31-14-12-30(13-15-31)22-10-6-7-11-23(22)34-3/h4-11,18-19H,12-15,17H2,1-3H3/t18-,19-/m0/s1. The van der Waals surface area contributed by atoms with E-state index >= 15 is 0 Å². The lowest BCUT2D eigenvalue weighted by Crippen LogP contribution is -2.47. The number of hydrogen-bond acceptors (Lipinski definition) is 9. The molecule has 9 nitrogen and oxygen atoms in total. The minimum atomic E-state index is -1.20.